The third-order valence-electron chi connectivity index (χ3n) is 5.11. The van der Waals surface area contributed by atoms with E-state index < -0.39 is 18.1 Å². The molecule has 0 aliphatic carbocycles. The number of rotatable bonds is 6. The summed E-state index contributed by atoms with van der Waals surface area (Å²) in [6.07, 6.45) is -2.94. The number of aryl methyl sites for hydroxylation is 1. The molecule has 0 radical (unpaired) electrons. The van der Waals surface area contributed by atoms with Crippen molar-refractivity contribution in [3.05, 3.63) is 47.1 Å². The van der Waals surface area contributed by atoms with Gasteiger partial charge >= 0.3 is 6.18 Å². The van der Waals surface area contributed by atoms with Crippen LogP contribution >= 0.6 is 11.6 Å². The Morgan fingerprint density at radius 2 is 2.03 bits per heavy atom. The van der Waals surface area contributed by atoms with E-state index in [4.69, 9.17) is 16.3 Å². The van der Waals surface area contributed by atoms with Gasteiger partial charge in [0, 0.05) is 18.0 Å². The number of carbonyl (C=O) groups is 1. The zero-order chi connectivity index (χ0) is 24.6. The Kier molecular flexibility index (Phi) is 6.09. The molecule has 34 heavy (non-hydrogen) atoms. The van der Waals surface area contributed by atoms with Crippen molar-refractivity contribution in [2.75, 3.05) is 12.4 Å². The van der Waals surface area contributed by atoms with Crippen LogP contribution in [0.2, 0.25) is 5.02 Å². The average Bonchev–Trinajstić information content (AvgIpc) is 3.41. The molecule has 2 aromatic carbocycles. The van der Waals surface area contributed by atoms with Gasteiger partial charge in [0.15, 0.2) is 5.82 Å². The number of hydrogen-bond donors (Lipinski definition) is 3. The van der Waals surface area contributed by atoms with Gasteiger partial charge in [-0.2, -0.15) is 23.3 Å². The van der Waals surface area contributed by atoms with Crippen LogP contribution in [0, 0.1) is 0 Å². The lowest BCUT2D eigenvalue weighted by molar-refractivity contribution is -0.149. The van der Waals surface area contributed by atoms with Crippen LogP contribution in [0.4, 0.5) is 24.8 Å². The van der Waals surface area contributed by atoms with Gasteiger partial charge in [-0.1, -0.05) is 17.7 Å². The van der Waals surface area contributed by atoms with E-state index in [1.807, 2.05) is 11.4 Å². The van der Waals surface area contributed by atoms with Crippen molar-refractivity contribution in [1.29, 1.82) is 0 Å². The van der Waals surface area contributed by atoms with Crippen LogP contribution in [0.15, 0.2) is 36.5 Å². The Balaban J connectivity index is 1.59. The van der Waals surface area contributed by atoms with E-state index in [2.05, 4.69) is 25.6 Å². The summed E-state index contributed by atoms with van der Waals surface area (Å²) in [5, 5.41) is 17.4. The summed E-state index contributed by atoms with van der Waals surface area (Å²) in [6.45, 7) is 0.863. The summed E-state index contributed by atoms with van der Waals surface area (Å²) < 4.78 is 45.1. The number of halogens is 4. The van der Waals surface area contributed by atoms with Crippen molar-refractivity contribution in [2.24, 2.45) is 7.05 Å². The largest absolute Gasteiger partial charge is 0.496 e. The fraction of sp³-hybridized carbons (Fsp3) is 0.238. The van der Waals surface area contributed by atoms with Gasteiger partial charge in [0.1, 0.15) is 11.8 Å². The molecule has 0 fully saturated rings. The van der Waals surface area contributed by atoms with Crippen molar-refractivity contribution < 1.29 is 22.7 Å². The lowest BCUT2D eigenvalue weighted by Crippen LogP contribution is -2.43. The van der Waals surface area contributed by atoms with E-state index in [0.29, 0.717) is 28.0 Å². The molecule has 2 aromatic heterocycles. The number of aromatic amines is 1. The number of amides is 1. The van der Waals surface area contributed by atoms with Crippen LogP contribution in [0.3, 0.4) is 0 Å². The van der Waals surface area contributed by atoms with Crippen LogP contribution in [-0.4, -0.2) is 50.2 Å². The molecule has 1 amide bonds. The third-order valence-corrected chi connectivity index (χ3v) is 5.52. The number of benzene rings is 2. The van der Waals surface area contributed by atoms with Gasteiger partial charge in [0.25, 0.3) is 5.91 Å². The second-order valence-electron chi connectivity index (χ2n) is 7.42. The number of fused-ring (bicyclic) bond motifs is 1. The number of anilines is 2. The first-order chi connectivity index (χ1) is 16.1. The molecule has 4 rings (SSSR count). The molecule has 0 saturated heterocycles. The van der Waals surface area contributed by atoms with Crippen molar-refractivity contribution >= 4 is 40.0 Å². The highest BCUT2D eigenvalue weighted by Crippen LogP contribution is 2.32. The van der Waals surface area contributed by atoms with Crippen molar-refractivity contribution in [2.45, 2.75) is 19.1 Å². The van der Waals surface area contributed by atoms with E-state index >= 15 is 0 Å². The summed E-state index contributed by atoms with van der Waals surface area (Å²) in [6, 6.07) is 5.96. The van der Waals surface area contributed by atoms with Gasteiger partial charge in [-0.15, -0.1) is 5.10 Å². The smallest absolute Gasteiger partial charge is 0.408 e. The number of hydrogen-bond acceptors (Lipinski definition) is 6. The number of nitrogens with one attached hydrogen (secondary N) is 3. The summed E-state index contributed by atoms with van der Waals surface area (Å²) in [7, 11) is 3.00. The number of methoxy groups -OCH3 is 1. The normalized spacial score (nSPS) is 12.6. The highest BCUT2D eigenvalue weighted by atomic mass is 35.5. The van der Waals surface area contributed by atoms with Gasteiger partial charge in [0.2, 0.25) is 5.95 Å². The highest BCUT2D eigenvalue weighted by molar-refractivity contribution is 6.38. The number of aromatic nitrogens is 5. The fourth-order valence-corrected chi connectivity index (χ4v) is 3.45. The standard InChI is InChI=1S/C21H19ClF3N7O2/c1-10(21(23,24)25)27-19(33)12-5-4-11(8-16(12)34-3)18-29-20(32(2)31-18)28-15-7-6-14-13(17(15)22)9-26-30-14/h4-10H,1-3H3,(H,26,30)(H,27,33)(H,28,29,31). The summed E-state index contributed by atoms with van der Waals surface area (Å²) in [4.78, 5) is 16.8. The molecule has 3 N–H and O–H groups in total. The van der Waals surface area contributed by atoms with E-state index in [9.17, 15) is 18.0 Å². The zero-order valence-corrected chi connectivity index (χ0v) is 18.9. The zero-order valence-electron chi connectivity index (χ0n) is 18.2. The van der Waals surface area contributed by atoms with Gasteiger partial charge in [0.05, 0.1) is 35.1 Å². The van der Waals surface area contributed by atoms with Crippen molar-refractivity contribution in [1.82, 2.24) is 30.3 Å². The molecule has 1 atom stereocenters. The van der Waals surface area contributed by atoms with Crippen molar-refractivity contribution in [3.63, 3.8) is 0 Å². The number of H-pyrrole nitrogens is 1. The van der Waals surface area contributed by atoms with Crippen LogP contribution in [0.5, 0.6) is 5.75 Å². The quantitative estimate of drug-likeness (QED) is 0.366. The predicted octanol–water partition coefficient (Wildman–Crippen LogP) is 4.44. The molecule has 0 spiro atoms. The molecule has 0 saturated carbocycles. The highest BCUT2D eigenvalue weighted by Gasteiger charge is 2.37. The number of carbonyl (C=O) groups excluding carboxylic acids is 1. The molecule has 0 aliphatic rings. The molecular formula is C21H19ClF3N7O2. The first kappa shape index (κ1) is 23.4. The maximum atomic E-state index is 12.8. The van der Waals surface area contributed by atoms with Gasteiger partial charge < -0.3 is 15.4 Å². The minimum absolute atomic E-state index is 0.0446. The summed E-state index contributed by atoms with van der Waals surface area (Å²) in [5.74, 6) is -0.132. The molecule has 2 heterocycles. The van der Waals surface area contributed by atoms with Crippen LogP contribution in [-0.2, 0) is 7.05 Å². The second-order valence-corrected chi connectivity index (χ2v) is 7.80. The Morgan fingerprint density at radius 1 is 1.26 bits per heavy atom. The maximum absolute atomic E-state index is 12.8. The molecule has 1 unspecified atom stereocenters. The van der Waals surface area contributed by atoms with E-state index in [0.717, 1.165) is 17.8 Å². The Bertz CT molecular complexity index is 1370. The Hall–Kier alpha value is -3.80. The predicted molar refractivity (Wildman–Crippen MR) is 120 cm³/mol. The van der Waals surface area contributed by atoms with E-state index in [1.165, 1.54) is 30.0 Å². The summed E-state index contributed by atoms with van der Waals surface area (Å²) in [5.41, 5.74) is 1.84. The monoisotopic (exact) mass is 493 g/mol. The Labute approximate surface area is 196 Å². The molecule has 0 bridgehead atoms. The molecule has 13 heteroatoms. The molecule has 178 valence electrons. The van der Waals surface area contributed by atoms with Gasteiger partial charge in [-0.25, -0.2) is 4.68 Å². The summed E-state index contributed by atoms with van der Waals surface area (Å²) >= 11 is 6.45. The van der Waals surface area contributed by atoms with Crippen LogP contribution in [0.25, 0.3) is 22.3 Å². The SMILES string of the molecule is COc1cc(-c2nc(Nc3ccc4[nH]ncc4c3Cl)n(C)n2)ccc1C(=O)NC(C)C(F)(F)F. The van der Waals surface area contributed by atoms with Crippen LogP contribution < -0.4 is 15.4 Å². The van der Waals surface area contributed by atoms with Crippen LogP contribution in [0.1, 0.15) is 17.3 Å². The molecule has 9 nitrogen and oxygen atoms in total. The minimum atomic E-state index is -4.56. The topological polar surface area (TPSA) is 110 Å². The molecule has 0 aliphatic heterocycles. The number of ether oxygens (including phenoxy) is 1. The number of alkyl halides is 3. The first-order valence-corrected chi connectivity index (χ1v) is 10.3. The number of nitrogens with zero attached hydrogens (tertiary/aromatic N) is 4. The average molecular weight is 494 g/mol. The lowest BCUT2D eigenvalue weighted by Gasteiger charge is -2.18. The van der Waals surface area contributed by atoms with E-state index in [1.54, 1.807) is 19.3 Å². The lowest BCUT2D eigenvalue weighted by atomic mass is 10.1. The molecule has 4 aromatic rings. The third kappa shape index (κ3) is 4.49. The maximum Gasteiger partial charge on any atom is 0.408 e. The molecular weight excluding hydrogens is 475 g/mol. The minimum Gasteiger partial charge on any atom is -0.496 e. The second kappa shape index (κ2) is 8.86. The van der Waals surface area contributed by atoms with Gasteiger partial charge in [-0.3, -0.25) is 9.89 Å². The van der Waals surface area contributed by atoms with Gasteiger partial charge in [-0.05, 0) is 31.2 Å². The first-order valence-electron chi connectivity index (χ1n) is 9.94. The Morgan fingerprint density at radius 3 is 2.74 bits per heavy atom. The van der Waals surface area contributed by atoms with E-state index in [-0.39, 0.29) is 11.3 Å². The van der Waals surface area contributed by atoms with Crippen molar-refractivity contribution in [3.8, 4) is 17.1 Å². The fourth-order valence-electron chi connectivity index (χ4n) is 3.19.